The number of benzene rings is 1. The van der Waals surface area contributed by atoms with Gasteiger partial charge >= 0.3 is 11.9 Å². The van der Waals surface area contributed by atoms with Gasteiger partial charge in [-0.3, -0.25) is 0 Å². The van der Waals surface area contributed by atoms with Crippen molar-refractivity contribution in [3.8, 4) is 0 Å². The summed E-state index contributed by atoms with van der Waals surface area (Å²) in [7, 11) is 0. The average molecular weight is 191 g/mol. The standard InChI is InChI=1S/C10H9NO3/c1-2-6-4-3-5-7-8(6)11-9(14-7)10(12)13/h3-5H,2H2,1H3,(H,12,13). The first-order chi connectivity index (χ1) is 6.72. The van der Waals surface area contributed by atoms with Crippen LogP contribution in [0.3, 0.4) is 0 Å². The number of hydrogen-bond acceptors (Lipinski definition) is 3. The molecule has 2 rings (SSSR count). The molecule has 14 heavy (non-hydrogen) atoms. The monoisotopic (exact) mass is 191 g/mol. The Kier molecular flexibility index (Phi) is 1.96. The highest BCUT2D eigenvalue weighted by molar-refractivity contribution is 5.87. The van der Waals surface area contributed by atoms with Gasteiger partial charge in [0, 0.05) is 0 Å². The molecule has 0 radical (unpaired) electrons. The van der Waals surface area contributed by atoms with E-state index in [1.54, 1.807) is 6.07 Å². The van der Waals surface area contributed by atoms with E-state index in [0.717, 1.165) is 12.0 Å². The minimum absolute atomic E-state index is 0.249. The normalized spacial score (nSPS) is 10.6. The lowest BCUT2D eigenvalue weighted by atomic mass is 10.1. The van der Waals surface area contributed by atoms with Crippen LogP contribution in [0.5, 0.6) is 0 Å². The Labute approximate surface area is 80.2 Å². The predicted octanol–water partition coefficient (Wildman–Crippen LogP) is 2.09. The van der Waals surface area contributed by atoms with E-state index in [1.165, 1.54) is 0 Å². The number of para-hydroxylation sites is 1. The Bertz CT molecular complexity index is 487. The van der Waals surface area contributed by atoms with Crippen LogP contribution in [0.1, 0.15) is 23.2 Å². The molecule has 0 unspecified atom stereocenters. The van der Waals surface area contributed by atoms with Crippen LogP contribution < -0.4 is 0 Å². The van der Waals surface area contributed by atoms with Gasteiger partial charge < -0.3 is 9.52 Å². The van der Waals surface area contributed by atoms with Gasteiger partial charge in [0.1, 0.15) is 5.52 Å². The highest BCUT2D eigenvalue weighted by Gasteiger charge is 2.13. The molecule has 1 N–H and O–H groups in total. The number of aryl methyl sites for hydroxylation is 1. The topological polar surface area (TPSA) is 63.3 Å². The molecule has 0 amide bonds. The molecule has 0 aliphatic carbocycles. The molecule has 72 valence electrons. The van der Waals surface area contributed by atoms with Crippen molar-refractivity contribution >= 4 is 17.1 Å². The summed E-state index contributed by atoms with van der Waals surface area (Å²) in [6, 6.07) is 5.46. The first-order valence-corrected chi connectivity index (χ1v) is 4.34. The number of nitrogens with zero attached hydrogens (tertiary/aromatic N) is 1. The molecule has 1 aromatic heterocycles. The first kappa shape index (κ1) is 8.74. The third kappa shape index (κ3) is 1.25. The van der Waals surface area contributed by atoms with Gasteiger partial charge in [-0.05, 0) is 18.1 Å². The van der Waals surface area contributed by atoms with Crippen molar-refractivity contribution < 1.29 is 14.3 Å². The molecule has 4 nitrogen and oxygen atoms in total. The molecule has 0 saturated carbocycles. The third-order valence-electron chi connectivity index (χ3n) is 2.07. The molecule has 1 aromatic carbocycles. The summed E-state index contributed by atoms with van der Waals surface area (Å²) in [5, 5.41) is 8.69. The minimum atomic E-state index is -1.14. The van der Waals surface area contributed by atoms with Gasteiger partial charge in [-0.15, -0.1) is 0 Å². The molecule has 0 aliphatic rings. The number of aromatic carboxylic acids is 1. The van der Waals surface area contributed by atoms with Gasteiger partial charge in [0.15, 0.2) is 5.58 Å². The van der Waals surface area contributed by atoms with Gasteiger partial charge in [-0.1, -0.05) is 19.1 Å². The summed E-state index contributed by atoms with van der Waals surface area (Å²) >= 11 is 0. The van der Waals surface area contributed by atoms with E-state index in [4.69, 9.17) is 9.52 Å². The van der Waals surface area contributed by atoms with Crippen molar-refractivity contribution in [2.24, 2.45) is 0 Å². The van der Waals surface area contributed by atoms with E-state index >= 15 is 0 Å². The fraction of sp³-hybridized carbons (Fsp3) is 0.200. The van der Waals surface area contributed by atoms with Crippen molar-refractivity contribution in [3.63, 3.8) is 0 Å². The highest BCUT2D eigenvalue weighted by atomic mass is 16.4. The van der Waals surface area contributed by atoms with Gasteiger partial charge in [0.25, 0.3) is 0 Å². The highest BCUT2D eigenvalue weighted by Crippen LogP contribution is 2.19. The molecule has 0 saturated heterocycles. The van der Waals surface area contributed by atoms with Crippen LogP contribution in [-0.4, -0.2) is 16.1 Å². The van der Waals surface area contributed by atoms with E-state index < -0.39 is 5.97 Å². The molecule has 4 heteroatoms. The van der Waals surface area contributed by atoms with Crippen molar-refractivity contribution in [3.05, 3.63) is 29.7 Å². The SMILES string of the molecule is CCc1cccc2oc(C(=O)O)nc12. The third-order valence-corrected chi connectivity index (χ3v) is 2.07. The zero-order valence-electron chi connectivity index (χ0n) is 7.65. The second kappa shape index (κ2) is 3.14. The Hall–Kier alpha value is -1.84. The summed E-state index contributed by atoms with van der Waals surface area (Å²) in [4.78, 5) is 14.5. The molecule has 0 aliphatic heterocycles. The summed E-state index contributed by atoms with van der Waals surface area (Å²) in [5.74, 6) is -1.39. The maximum Gasteiger partial charge on any atom is 0.392 e. The molecular formula is C10H9NO3. The van der Waals surface area contributed by atoms with Crippen molar-refractivity contribution in [2.45, 2.75) is 13.3 Å². The molecule has 0 atom stereocenters. The summed E-state index contributed by atoms with van der Waals surface area (Å²) < 4.78 is 5.06. The maximum absolute atomic E-state index is 10.6. The van der Waals surface area contributed by atoms with Gasteiger partial charge in [0.05, 0.1) is 0 Å². The lowest BCUT2D eigenvalue weighted by molar-refractivity contribution is 0.0656. The number of carboxylic acids is 1. The molecule has 2 aromatic rings. The number of hydrogen-bond donors (Lipinski definition) is 1. The number of fused-ring (bicyclic) bond motifs is 1. The van der Waals surface area contributed by atoms with Gasteiger partial charge in [-0.2, -0.15) is 0 Å². The van der Waals surface area contributed by atoms with Gasteiger partial charge in [-0.25, -0.2) is 9.78 Å². The largest absolute Gasteiger partial charge is 0.474 e. The summed E-state index contributed by atoms with van der Waals surface area (Å²) in [6.45, 7) is 1.99. The number of carboxylic acid groups (broad SMARTS) is 1. The van der Waals surface area contributed by atoms with E-state index in [1.807, 2.05) is 19.1 Å². The van der Waals surface area contributed by atoms with Crippen molar-refractivity contribution in [1.82, 2.24) is 4.98 Å². The lowest BCUT2D eigenvalue weighted by Crippen LogP contribution is -1.95. The van der Waals surface area contributed by atoms with E-state index in [9.17, 15) is 4.79 Å². The number of carbonyl (C=O) groups is 1. The Morgan fingerprint density at radius 3 is 3.00 bits per heavy atom. The Balaban J connectivity index is 2.70. The fourth-order valence-electron chi connectivity index (χ4n) is 1.38. The van der Waals surface area contributed by atoms with E-state index in [2.05, 4.69) is 4.98 Å². The molecular weight excluding hydrogens is 182 g/mol. The molecule has 0 fully saturated rings. The van der Waals surface area contributed by atoms with Crippen molar-refractivity contribution in [2.75, 3.05) is 0 Å². The lowest BCUT2D eigenvalue weighted by Gasteiger charge is -1.93. The van der Waals surface area contributed by atoms with Crippen LogP contribution in [0.4, 0.5) is 0 Å². The second-order valence-corrected chi connectivity index (χ2v) is 2.94. The van der Waals surface area contributed by atoms with Crippen LogP contribution >= 0.6 is 0 Å². The minimum Gasteiger partial charge on any atom is -0.474 e. The Morgan fingerprint density at radius 1 is 1.57 bits per heavy atom. The van der Waals surface area contributed by atoms with Crippen LogP contribution in [0.2, 0.25) is 0 Å². The van der Waals surface area contributed by atoms with E-state index in [0.29, 0.717) is 11.1 Å². The molecule has 1 heterocycles. The first-order valence-electron chi connectivity index (χ1n) is 4.34. The van der Waals surface area contributed by atoms with Crippen LogP contribution in [0, 0.1) is 0 Å². The Morgan fingerprint density at radius 2 is 2.36 bits per heavy atom. The quantitative estimate of drug-likeness (QED) is 0.789. The second-order valence-electron chi connectivity index (χ2n) is 2.94. The van der Waals surface area contributed by atoms with Gasteiger partial charge in [0.2, 0.25) is 0 Å². The average Bonchev–Trinajstić information content (AvgIpc) is 2.60. The molecule has 0 bridgehead atoms. The van der Waals surface area contributed by atoms with Crippen LogP contribution in [-0.2, 0) is 6.42 Å². The summed E-state index contributed by atoms with van der Waals surface area (Å²) in [6.07, 6.45) is 0.808. The smallest absolute Gasteiger partial charge is 0.392 e. The summed E-state index contributed by atoms with van der Waals surface area (Å²) in [5.41, 5.74) is 2.17. The zero-order valence-corrected chi connectivity index (χ0v) is 7.65. The molecule has 0 spiro atoms. The number of rotatable bonds is 2. The number of oxazole rings is 1. The van der Waals surface area contributed by atoms with Crippen LogP contribution in [0.25, 0.3) is 11.1 Å². The van der Waals surface area contributed by atoms with Crippen molar-refractivity contribution in [1.29, 1.82) is 0 Å². The predicted molar refractivity (Wildman–Crippen MR) is 50.3 cm³/mol. The number of aromatic nitrogens is 1. The zero-order chi connectivity index (χ0) is 10.1. The van der Waals surface area contributed by atoms with Crippen LogP contribution in [0.15, 0.2) is 22.6 Å². The maximum atomic E-state index is 10.6. The fourth-order valence-corrected chi connectivity index (χ4v) is 1.38. The van der Waals surface area contributed by atoms with E-state index in [-0.39, 0.29) is 5.89 Å².